The van der Waals surface area contributed by atoms with Gasteiger partial charge in [0.25, 0.3) is 5.91 Å². The summed E-state index contributed by atoms with van der Waals surface area (Å²) in [7, 11) is 3.74. The third-order valence-corrected chi connectivity index (χ3v) is 5.21. The fourth-order valence-corrected chi connectivity index (χ4v) is 3.75. The molecular formula is C20H28N2O4. The first kappa shape index (κ1) is 18.9. The molecule has 1 fully saturated rings. The number of hydrogen-bond acceptors (Lipinski definition) is 5. The number of carbonyl (C=O) groups is 1. The fourth-order valence-electron chi connectivity index (χ4n) is 3.75. The van der Waals surface area contributed by atoms with Crippen LogP contribution in [0.1, 0.15) is 16.1 Å². The number of carbonyl (C=O) groups excluding carboxylic acids is 1. The van der Waals surface area contributed by atoms with Gasteiger partial charge in [0.2, 0.25) is 0 Å². The number of fused-ring (bicyclic) bond motifs is 1. The lowest BCUT2D eigenvalue weighted by atomic mass is 9.96. The Bertz CT molecular complexity index is 757. The van der Waals surface area contributed by atoms with Gasteiger partial charge in [-0.15, -0.1) is 0 Å². The Morgan fingerprint density at radius 1 is 1.35 bits per heavy atom. The van der Waals surface area contributed by atoms with Gasteiger partial charge in [0, 0.05) is 56.8 Å². The number of hydrogen-bond donors (Lipinski definition) is 1. The molecule has 2 heterocycles. The van der Waals surface area contributed by atoms with Crippen LogP contribution in [-0.2, 0) is 4.74 Å². The lowest BCUT2D eigenvalue weighted by Gasteiger charge is -2.23. The van der Waals surface area contributed by atoms with Crippen LogP contribution < -0.4 is 0 Å². The molecule has 0 saturated carbocycles. The molecule has 3 rings (SSSR count). The van der Waals surface area contributed by atoms with E-state index in [0.717, 1.165) is 29.8 Å². The number of nitrogens with zero attached hydrogens (tertiary/aromatic N) is 2. The third kappa shape index (κ3) is 4.09. The Balaban J connectivity index is 1.68. The van der Waals surface area contributed by atoms with Crippen LogP contribution in [0.5, 0.6) is 0 Å². The van der Waals surface area contributed by atoms with Gasteiger partial charge in [0.05, 0.1) is 6.61 Å². The van der Waals surface area contributed by atoms with E-state index in [0.29, 0.717) is 25.3 Å². The second kappa shape index (κ2) is 8.20. The van der Waals surface area contributed by atoms with Crippen LogP contribution in [0, 0.1) is 18.8 Å². The molecule has 0 bridgehead atoms. The SMILES string of the molecule is COCCN(C)CC1CN(C(=O)c2ccc3oc(C)cc3c2)CC1CO. The average Bonchev–Trinajstić information content (AvgIpc) is 3.20. The Kier molecular flexibility index (Phi) is 5.96. The summed E-state index contributed by atoms with van der Waals surface area (Å²) in [5.41, 5.74) is 1.47. The number of likely N-dealkylation sites (N-methyl/N-ethyl adjacent to an activating group) is 1. The van der Waals surface area contributed by atoms with E-state index in [-0.39, 0.29) is 24.3 Å². The van der Waals surface area contributed by atoms with E-state index in [4.69, 9.17) is 9.15 Å². The number of ether oxygens (including phenoxy) is 1. The van der Waals surface area contributed by atoms with E-state index < -0.39 is 0 Å². The zero-order valence-corrected chi connectivity index (χ0v) is 15.8. The van der Waals surface area contributed by atoms with E-state index in [1.165, 1.54) is 0 Å². The minimum atomic E-state index is 0.0197. The quantitative estimate of drug-likeness (QED) is 0.818. The molecule has 6 heteroatoms. The first-order valence-corrected chi connectivity index (χ1v) is 9.09. The van der Waals surface area contributed by atoms with E-state index in [1.807, 2.05) is 43.1 Å². The van der Waals surface area contributed by atoms with Crippen LogP contribution in [-0.4, -0.2) is 74.4 Å². The van der Waals surface area contributed by atoms with Crippen molar-refractivity contribution in [3.63, 3.8) is 0 Å². The molecule has 0 radical (unpaired) electrons. The number of amides is 1. The van der Waals surface area contributed by atoms with Gasteiger partial charge in [-0.25, -0.2) is 0 Å². The maximum atomic E-state index is 12.9. The van der Waals surface area contributed by atoms with Gasteiger partial charge >= 0.3 is 0 Å². The van der Waals surface area contributed by atoms with Gasteiger partial charge < -0.3 is 24.1 Å². The monoisotopic (exact) mass is 360 g/mol. The predicted molar refractivity (Wildman–Crippen MR) is 100 cm³/mol. The number of benzene rings is 1. The van der Waals surface area contributed by atoms with Crippen molar-refractivity contribution >= 4 is 16.9 Å². The van der Waals surface area contributed by atoms with Gasteiger partial charge in [-0.3, -0.25) is 4.79 Å². The molecule has 1 amide bonds. The molecule has 2 atom stereocenters. The van der Waals surface area contributed by atoms with Crippen molar-refractivity contribution in [1.82, 2.24) is 9.80 Å². The summed E-state index contributed by atoms with van der Waals surface area (Å²) < 4.78 is 10.7. The van der Waals surface area contributed by atoms with Crippen LogP contribution in [0.4, 0.5) is 0 Å². The second-order valence-corrected chi connectivity index (χ2v) is 7.28. The summed E-state index contributed by atoms with van der Waals surface area (Å²) in [6, 6.07) is 7.51. The Morgan fingerprint density at radius 3 is 2.85 bits per heavy atom. The molecule has 2 aromatic rings. The molecule has 1 aromatic carbocycles. The van der Waals surface area contributed by atoms with E-state index in [9.17, 15) is 9.90 Å². The molecule has 1 aromatic heterocycles. The number of rotatable bonds is 7. The highest BCUT2D eigenvalue weighted by Gasteiger charge is 2.35. The minimum absolute atomic E-state index is 0.0197. The molecule has 0 spiro atoms. The minimum Gasteiger partial charge on any atom is -0.461 e. The molecule has 2 unspecified atom stereocenters. The van der Waals surface area contributed by atoms with Crippen molar-refractivity contribution in [2.45, 2.75) is 6.92 Å². The first-order chi connectivity index (χ1) is 12.5. The summed E-state index contributed by atoms with van der Waals surface area (Å²) in [5.74, 6) is 1.24. The Hall–Kier alpha value is -1.89. The topological polar surface area (TPSA) is 66.2 Å². The van der Waals surface area contributed by atoms with Crippen LogP contribution in [0.2, 0.25) is 0 Å². The molecule has 1 N–H and O–H groups in total. The Labute approximate surface area is 154 Å². The molecule has 0 aliphatic carbocycles. The fraction of sp³-hybridized carbons (Fsp3) is 0.550. The van der Waals surface area contributed by atoms with E-state index in [2.05, 4.69) is 4.90 Å². The van der Waals surface area contributed by atoms with Crippen molar-refractivity contribution in [2.75, 3.05) is 53.6 Å². The molecule has 1 aliphatic rings. The number of aliphatic hydroxyl groups is 1. The lowest BCUT2D eigenvalue weighted by molar-refractivity contribution is 0.0779. The highest BCUT2D eigenvalue weighted by molar-refractivity contribution is 5.98. The predicted octanol–water partition coefficient (Wildman–Crippen LogP) is 2.00. The van der Waals surface area contributed by atoms with E-state index >= 15 is 0 Å². The molecular weight excluding hydrogens is 332 g/mol. The second-order valence-electron chi connectivity index (χ2n) is 7.28. The number of aryl methyl sites for hydroxylation is 1. The van der Waals surface area contributed by atoms with Crippen LogP contribution in [0.25, 0.3) is 11.0 Å². The van der Waals surface area contributed by atoms with Crippen LogP contribution in [0.15, 0.2) is 28.7 Å². The molecule has 142 valence electrons. The smallest absolute Gasteiger partial charge is 0.253 e. The van der Waals surface area contributed by atoms with Gasteiger partial charge in [-0.05, 0) is 44.2 Å². The maximum absolute atomic E-state index is 12.9. The molecule has 6 nitrogen and oxygen atoms in total. The summed E-state index contributed by atoms with van der Waals surface area (Å²) in [4.78, 5) is 17.0. The molecule has 26 heavy (non-hydrogen) atoms. The van der Waals surface area contributed by atoms with Gasteiger partial charge in [-0.2, -0.15) is 0 Å². The molecule has 1 saturated heterocycles. The maximum Gasteiger partial charge on any atom is 0.253 e. The number of methoxy groups -OCH3 is 1. The van der Waals surface area contributed by atoms with Gasteiger partial charge in [0.15, 0.2) is 0 Å². The number of likely N-dealkylation sites (tertiary alicyclic amines) is 1. The zero-order chi connectivity index (χ0) is 18.7. The summed E-state index contributed by atoms with van der Waals surface area (Å²) in [6.07, 6.45) is 0. The highest BCUT2D eigenvalue weighted by Crippen LogP contribution is 2.27. The first-order valence-electron chi connectivity index (χ1n) is 9.09. The Morgan fingerprint density at radius 2 is 2.12 bits per heavy atom. The summed E-state index contributed by atoms with van der Waals surface area (Å²) in [5, 5.41) is 10.7. The summed E-state index contributed by atoms with van der Waals surface area (Å²) >= 11 is 0. The zero-order valence-electron chi connectivity index (χ0n) is 15.8. The number of furan rings is 1. The number of aliphatic hydroxyl groups excluding tert-OH is 1. The van der Waals surface area contributed by atoms with Gasteiger partial charge in [-0.1, -0.05) is 0 Å². The standard InChI is InChI=1S/C20H28N2O4/c1-14-8-16-9-15(4-5-19(16)26-14)20(24)22-11-17(18(12-22)13-23)10-21(2)6-7-25-3/h4-5,8-9,17-18,23H,6-7,10-13H2,1-3H3. The molecule has 1 aliphatic heterocycles. The largest absolute Gasteiger partial charge is 0.461 e. The lowest BCUT2D eigenvalue weighted by Crippen LogP contribution is -2.33. The normalized spacial score (nSPS) is 20.4. The van der Waals surface area contributed by atoms with Gasteiger partial charge in [0.1, 0.15) is 11.3 Å². The van der Waals surface area contributed by atoms with Crippen molar-refractivity contribution < 1.29 is 19.1 Å². The van der Waals surface area contributed by atoms with E-state index in [1.54, 1.807) is 7.11 Å². The highest BCUT2D eigenvalue weighted by atomic mass is 16.5. The van der Waals surface area contributed by atoms with Crippen LogP contribution >= 0.6 is 0 Å². The van der Waals surface area contributed by atoms with Crippen molar-refractivity contribution in [3.05, 3.63) is 35.6 Å². The van der Waals surface area contributed by atoms with Crippen molar-refractivity contribution in [1.29, 1.82) is 0 Å². The van der Waals surface area contributed by atoms with Crippen LogP contribution in [0.3, 0.4) is 0 Å². The van der Waals surface area contributed by atoms with Crippen molar-refractivity contribution in [3.8, 4) is 0 Å². The average molecular weight is 360 g/mol. The summed E-state index contributed by atoms with van der Waals surface area (Å²) in [6.45, 7) is 5.64. The van der Waals surface area contributed by atoms with Crippen molar-refractivity contribution in [2.24, 2.45) is 11.8 Å². The third-order valence-electron chi connectivity index (χ3n) is 5.21.